The van der Waals surface area contributed by atoms with Gasteiger partial charge in [0.25, 0.3) is 0 Å². The number of nitrogens with zero attached hydrogens (tertiary/aromatic N) is 2. The van der Waals surface area contributed by atoms with Crippen molar-refractivity contribution in [2.24, 2.45) is 0 Å². The lowest BCUT2D eigenvalue weighted by Crippen LogP contribution is -2.25. The average molecular weight is 426 g/mol. The summed E-state index contributed by atoms with van der Waals surface area (Å²) in [5.41, 5.74) is 0.998. The molecule has 1 aliphatic heterocycles. The molecule has 0 aromatic heterocycles. The summed E-state index contributed by atoms with van der Waals surface area (Å²) in [6, 6.07) is 6.69. The lowest BCUT2D eigenvalue weighted by Gasteiger charge is -2.17. The summed E-state index contributed by atoms with van der Waals surface area (Å²) in [6.45, 7) is 5.61. The first-order valence-electron chi connectivity index (χ1n) is 10.6. The molecule has 0 saturated carbocycles. The Morgan fingerprint density at radius 3 is 2.45 bits per heavy atom. The van der Waals surface area contributed by atoms with Gasteiger partial charge in [-0.3, -0.25) is 19.8 Å². The van der Waals surface area contributed by atoms with Crippen LogP contribution in [-0.4, -0.2) is 55.6 Å². The molecule has 1 heterocycles. The molecule has 1 aliphatic carbocycles. The molecular weight excluding hydrogens is 400 g/mol. The van der Waals surface area contributed by atoms with Crippen LogP contribution >= 0.6 is 0 Å². The minimum Gasteiger partial charge on any atom is -0.496 e. The predicted molar refractivity (Wildman–Crippen MR) is 115 cm³/mol. The minimum absolute atomic E-state index is 0.000968. The van der Waals surface area contributed by atoms with Crippen LogP contribution in [0.3, 0.4) is 0 Å². The Bertz CT molecular complexity index is 1010. The van der Waals surface area contributed by atoms with Crippen molar-refractivity contribution < 1.29 is 23.9 Å². The number of nitro groups is 1. The summed E-state index contributed by atoms with van der Waals surface area (Å²) in [7, 11) is 1.48. The fraction of sp³-hybridized carbons (Fsp3) is 0.435. The van der Waals surface area contributed by atoms with Gasteiger partial charge in [0.2, 0.25) is 11.5 Å². The van der Waals surface area contributed by atoms with Gasteiger partial charge in [0.05, 0.1) is 18.6 Å². The Morgan fingerprint density at radius 1 is 1.03 bits per heavy atom. The lowest BCUT2D eigenvalue weighted by atomic mass is 10.0. The summed E-state index contributed by atoms with van der Waals surface area (Å²) in [6.07, 6.45) is 3.08. The normalized spacial score (nSPS) is 15.0. The van der Waals surface area contributed by atoms with E-state index >= 15 is 0 Å². The van der Waals surface area contributed by atoms with Gasteiger partial charge in [-0.25, -0.2) is 0 Å². The second kappa shape index (κ2) is 8.93. The molecule has 0 bridgehead atoms. The first kappa shape index (κ1) is 21.1. The van der Waals surface area contributed by atoms with E-state index in [2.05, 4.69) is 4.90 Å². The number of likely N-dealkylation sites (tertiary alicyclic amines) is 1. The van der Waals surface area contributed by atoms with Gasteiger partial charge in [0.15, 0.2) is 0 Å². The zero-order valence-electron chi connectivity index (χ0n) is 17.8. The fourth-order valence-corrected chi connectivity index (χ4v) is 4.28. The van der Waals surface area contributed by atoms with E-state index in [1.54, 1.807) is 18.2 Å². The third-order valence-electron chi connectivity index (χ3n) is 5.70. The highest BCUT2D eigenvalue weighted by molar-refractivity contribution is 6.26. The van der Waals surface area contributed by atoms with E-state index in [1.165, 1.54) is 26.0 Å². The van der Waals surface area contributed by atoms with E-state index in [-0.39, 0.29) is 17.0 Å². The average Bonchev–Trinajstić information content (AvgIpc) is 3.39. The number of ether oxygens (including phenoxy) is 3. The molecule has 8 heteroatoms. The van der Waals surface area contributed by atoms with Crippen molar-refractivity contribution in [2.45, 2.75) is 26.2 Å². The lowest BCUT2D eigenvalue weighted by molar-refractivity contribution is -0.386. The molecule has 2 aromatic carbocycles. The van der Waals surface area contributed by atoms with Gasteiger partial charge in [-0.05, 0) is 38.4 Å². The molecule has 0 atom stereocenters. The van der Waals surface area contributed by atoms with E-state index in [0.29, 0.717) is 47.8 Å². The number of carbonyl (C=O) groups excluding carboxylic acids is 1. The molecule has 1 saturated heterocycles. The summed E-state index contributed by atoms with van der Waals surface area (Å²) >= 11 is 0. The Kier molecular flexibility index (Phi) is 6.08. The predicted octanol–water partition coefficient (Wildman–Crippen LogP) is 4.08. The van der Waals surface area contributed by atoms with Crippen LogP contribution in [0.25, 0.3) is 11.1 Å². The molecule has 0 radical (unpaired) electrons. The van der Waals surface area contributed by atoms with Crippen molar-refractivity contribution in [2.75, 3.05) is 40.0 Å². The standard InChI is InChI=1S/C23H26N2O6/c1-3-12-30-18-14-17(29-2)20-19-15(23(26)21(20)22(18)25(27)28)7-6-8-16(19)31-13-11-24-9-4-5-10-24/h6-8,14H,3-5,9-13H2,1-2H3. The van der Waals surface area contributed by atoms with Crippen LogP contribution in [-0.2, 0) is 0 Å². The third-order valence-corrected chi connectivity index (χ3v) is 5.70. The number of ketones is 1. The van der Waals surface area contributed by atoms with Crippen molar-refractivity contribution in [1.82, 2.24) is 4.90 Å². The Balaban J connectivity index is 1.77. The van der Waals surface area contributed by atoms with E-state index in [9.17, 15) is 14.9 Å². The maximum absolute atomic E-state index is 13.3. The van der Waals surface area contributed by atoms with Crippen LogP contribution in [0.1, 0.15) is 42.1 Å². The van der Waals surface area contributed by atoms with Crippen LogP contribution in [0, 0.1) is 10.1 Å². The molecule has 2 aromatic rings. The maximum atomic E-state index is 13.3. The Labute approximate surface area is 180 Å². The van der Waals surface area contributed by atoms with Crippen molar-refractivity contribution in [3.8, 4) is 28.4 Å². The number of fused-ring (bicyclic) bond motifs is 3. The molecule has 164 valence electrons. The monoisotopic (exact) mass is 426 g/mol. The summed E-state index contributed by atoms with van der Waals surface area (Å²) in [5.74, 6) is 0.509. The van der Waals surface area contributed by atoms with Crippen LogP contribution < -0.4 is 14.2 Å². The fourth-order valence-electron chi connectivity index (χ4n) is 4.28. The van der Waals surface area contributed by atoms with Gasteiger partial charge in [-0.1, -0.05) is 19.1 Å². The highest BCUT2D eigenvalue weighted by atomic mass is 16.6. The number of methoxy groups -OCH3 is 1. The van der Waals surface area contributed by atoms with Crippen LogP contribution in [0.5, 0.6) is 17.2 Å². The van der Waals surface area contributed by atoms with Gasteiger partial charge < -0.3 is 14.2 Å². The first-order valence-corrected chi connectivity index (χ1v) is 10.6. The SMILES string of the molecule is CCCOc1cc(OC)c2c(c1[N+](=O)[O-])C(=O)c1cccc(OCCN3CCCC3)c1-2. The molecule has 8 nitrogen and oxygen atoms in total. The molecular formula is C23H26N2O6. The first-order chi connectivity index (χ1) is 15.1. The Morgan fingerprint density at radius 2 is 1.77 bits per heavy atom. The van der Waals surface area contributed by atoms with E-state index in [4.69, 9.17) is 14.2 Å². The number of hydrogen-bond acceptors (Lipinski definition) is 7. The van der Waals surface area contributed by atoms with Crippen LogP contribution in [0.2, 0.25) is 0 Å². The maximum Gasteiger partial charge on any atom is 0.322 e. The van der Waals surface area contributed by atoms with Crippen molar-refractivity contribution in [3.05, 3.63) is 45.5 Å². The summed E-state index contributed by atoms with van der Waals surface area (Å²) < 4.78 is 17.2. The summed E-state index contributed by atoms with van der Waals surface area (Å²) in [4.78, 5) is 27.0. The molecule has 2 aliphatic rings. The molecule has 1 fully saturated rings. The molecule has 0 unspecified atom stereocenters. The highest BCUT2D eigenvalue weighted by Gasteiger charge is 2.41. The van der Waals surface area contributed by atoms with Crippen LogP contribution in [0.4, 0.5) is 5.69 Å². The number of carbonyl (C=O) groups is 1. The second-order valence-electron chi connectivity index (χ2n) is 7.69. The molecule has 0 spiro atoms. The molecule has 0 N–H and O–H groups in total. The molecule has 4 rings (SSSR count). The smallest absolute Gasteiger partial charge is 0.322 e. The van der Waals surface area contributed by atoms with E-state index in [0.717, 1.165) is 19.6 Å². The van der Waals surface area contributed by atoms with Gasteiger partial charge >= 0.3 is 5.69 Å². The number of benzene rings is 2. The Hall–Kier alpha value is -3.13. The van der Waals surface area contributed by atoms with Crippen LogP contribution in [0.15, 0.2) is 24.3 Å². The van der Waals surface area contributed by atoms with Gasteiger partial charge in [0.1, 0.15) is 23.7 Å². The largest absolute Gasteiger partial charge is 0.496 e. The summed E-state index contributed by atoms with van der Waals surface area (Å²) in [5, 5.41) is 11.9. The second-order valence-corrected chi connectivity index (χ2v) is 7.69. The zero-order valence-corrected chi connectivity index (χ0v) is 17.8. The number of hydrogen-bond donors (Lipinski definition) is 0. The molecule has 31 heavy (non-hydrogen) atoms. The van der Waals surface area contributed by atoms with Gasteiger partial charge in [-0.15, -0.1) is 0 Å². The third kappa shape index (κ3) is 3.83. The number of nitro benzene ring substituents is 1. The quantitative estimate of drug-likeness (QED) is 0.376. The van der Waals surface area contributed by atoms with E-state index < -0.39 is 10.7 Å². The van der Waals surface area contributed by atoms with Crippen molar-refractivity contribution in [3.63, 3.8) is 0 Å². The minimum atomic E-state index is -0.555. The van der Waals surface area contributed by atoms with E-state index in [1.807, 2.05) is 6.92 Å². The van der Waals surface area contributed by atoms with Crippen molar-refractivity contribution >= 4 is 11.5 Å². The topological polar surface area (TPSA) is 91.1 Å². The van der Waals surface area contributed by atoms with Crippen molar-refractivity contribution in [1.29, 1.82) is 0 Å². The number of rotatable bonds is 9. The van der Waals surface area contributed by atoms with Gasteiger partial charge in [-0.2, -0.15) is 0 Å². The zero-order chi connectivity index (χ0) is 22.0. The van der Waals surface area contributed by atoms with Gasteiger partial charge in [0, 0.05) is 29.3 Å². The molecule has 0 amide bonds. The highest BCUT2D eigenvalue weighted by Crippen LogP contribution is 2.53.